The zero-order valence-corrected chi connectivity index (χ0v) is 12.4. The Morgan fingerprint density at radius 1 is 1.29 bits per heavy atom. The summed E-state index contributed by atoms with van der Waals surface area (Å²) < 4.78 is 13.2. The van der Waals surface area contributed by atoms with Gasteiger partial charge < -0.3 is 10.6 Å². The number of carbonyl (C=O) groups excluding carboxylic acids is 1. The van der Waals surface area contributed by atoms with E-state index < -0.39 is 5.82 Å². The SMILES string of the molecule is CCN(Cc1cccc(N)c1)C(=O)c1ccc(F)c(Cl)c1. The maximum atomic E-state index is 13.2. The summed E-state index contributed by atoms with van der Waals surface area (Å²) in [6.07, 6.45) is 0. The molecule has 0 bridgehead atoms. The van der Waals surface area contributed by atoms with Gasteiger partial charge in [-0.2, -0.15) is 0 Å². The van der Waals surface area contributed by atoms with Crippen molar-refractivity contribution in [3.8, 4) is 0 Å². The van der Waals surface area contributed by atoms with E-state index in [0.717, 1.165) is 5.56 Å². The standard InChI is InChI=1S/C16H16ClFN2O/c1-2-20(10-11-4-3-5-13(19)8-11)16(21)12-6-7-15(18)14(17)9-12/h3-9H,2,10,19H2,1H3. The molecule has 5 heteroatoms. The predicted octanol–water partition coefficient (Wildman–Crippen LogP) is 3.72. The summed E-state index contributed by atoms with van der Waals surface area (Å²) in [7, 11) is 0. The number of anilines is 1. The minimum Gasteiger partial charge on any atom is -0.399 e. The fourth-order valence-electron chi connectivity index (χ4n) is 2.05. The molecule has 0 saturated carbocycles. The van der Waals surface area contributed by atoms with Crippen molar-refractivity contribution in [2.45, 2.75) is 13.5 Å². The molecule has 2 rings (SSSR count). The first-order valence-electron chi connectivity index (χ1n) is 6.60. The van der Waals surface area contributed by atoms with E-state index in [0.29, 0.717) is 24.3 Å². The fourth-order valence-corrected chi connectivity index (χ4v) is 2.23. The molecule has 0 aliphatic carbocycles. The Morgan fingerprint density at radius 2 is 2.05 bits per heavy atom. The summed E-state index contributed by atoms with van der Waals surface area (Å²) in [5.41, 5.74) is 7.70. The number of nitrogens with zero attached hydrogens (tertiary/aromatic N) is 1. The molecule has 0 fully saturated rings. The first-order valence-corrected chi connectivity index (χ1v) is 6.97. The molecule has 0 radical (unpaired) electrons. The highest BCUT2D eigenvalue weighted by atomic mass is 35.5. The second kappa shape index (κ2) is 6.59. The molecule has 2 N–H and O–H groups in total. The summed E-state index contributed by atoms with van der Waals surface area (Å²) in [5, 5.41) is -0.0548. The van der Waals surface area contributed by atoms with Gasteiger partial charge in [0.05, 0.1) is 5.02 Å². The lowest BCUT2D eigenvalue weighted by Gasteiger charge is -2.21. The first-order chi connectivity index (χ1) is 10.0. The highest BCUT2D eigenvalue weighted by molar-refractivity contribution is 6.31. The third-order valence-corrected chi connectivity index (χ3v) is 3.45. The minimum atomic E-state index is -0.535. The first kappa shape index (κ1) is 15.3. The maximum Gasteiger partial charge on any atom is 0.254 e. The molecule has 2 aromatic rings. The van der Waals surface area contributed by atoms with Crippen molar-refractivity contribution in [3.05, 3.63) is 64.4 Å². The average Bonchev–Trinajstić information content (AvgIpc) is 2.47. The second-order valence-electron chi connectivity index (χ2n) is 4.69. The Kier molecular flexibility index (Phi) is 4.81. The molecule has 0 unspecified atom stereocenters. The van der Waals surface area contributed by atoms with E-state index in [4.69, 9.17) is 17.3 Å². The molecule has 0 aliphatic heterocycles. The molecule has 0 heterocycles. The summed E-state index contributed by atoms with van der Waals surface area (Å²) in [6.45, 7) is 2.85. The zero-order chi connectivity index (χ0) is 15.4. The van der Waals surface area contributed by atoms with Crippen LogP contribution in [0.1, 0.15) is 22.8 Å². The van der Waals surface area contributed by atoms with Gasteiger partial charge in [-0.25, -0.2) is 4.39 Å². The normalized spacial score (nSPS) is 10.4. The molecule has 0 aliphatic rings. The Morgan fingerprint density at radius 3 is 2.67 bits per heavy atom. The number of halogens is 2. The fraction of sp³-hybridized carbons (Fsp3) is 0.188. The smallest absolute Gasteiger partial charge is 0.254 e. The van der Waals surface area contributed by atoms with E-state index in [1.54, 1.807) is 11.0 Å². The molecule has 2 aromatic carbocycles. The number of nitrogen functional groups attached to an aromatic ring is 1. The molecule has 0 aromatic heterocycles. The largest absolute Gasteiger partial charge is 0.399 e. The van der Waals surface area contributed by atoms with Crippen molar-refractivity contribution in [1.82, 2.24) is 4.90 Å². The molecule has 0 saturated heterocycles. The van der Waals surface area contributed by atoms with E-state index in [2.05, 4.69) is 0 Å². The highest BCUT2D eigenvalue weighted by Gasteiger charge is 2.16. The molecular formula is C16H16ClFN2O. The lowest BCUT2D eigenvalue weighted by Crippen LogP contribution is -2.30. The van der Waals surface area contributed by atoms with Crippen molar-refractivity contribution in [2.75, 3.05) is 12.3 Å². The zero-order valence-electron chi connectivity index (χ0n) is 11.6. The molecule has 21 heavy (non-hydrogen) atoms. The van der Waals surface area contributed by atoms with Gasteiger partial charge in [-0.3, -0.25) is 4.79 Å². The van der Waals surface area contributed by atoms with Crippen LogP contribution < -0.4 is 5.73 Å². The van der Waals surface area contributed by atoms with Crippen LogP contribution in [0.25, 0.3) is 0 Å². The summed E-state index contributed by atoms with van der Waals surface area (Å²) in [6, 6.07) is 11.4. The van der Waals surface area contributed by atoms with Crippen LogP contribution >= 0.6 is 11.6 Å². The van der Waals surface area contributed by atoms with Crippen molar-refractivity contribution in [1.29, 1.82) is 0 Å². The van der Waals surface area contributed by atoms with Gasteiger partial charge in [-0.1, -0.05) is 23.7 Å². The molecule has 0 spiro atoms. The van der Waals surface area contributed by atoms with Crippen molar-refractivity contribution < 1.29 is 9.18 Å². The monoisotopic (exact) mass is 306 g/mol. The number of amides is 1. The Labute approximate surface area is 128 Å². The van der Waals surface area contributed by atoms with E-state index >= 15 is 0 Å². The van der Waals surface area contributed by atoms with Gasteiger partial charge in [-0.05, 0) is 42.8 Å². The average molecular weight is 307 g/mol. The Hall–Kier alpha value is -2.07. The molecule has 1 amide bonds. The van der Waals surface area contributed by atoms with Gasteiger partial charge in [0.15, 0.2) is 0 Å². The van der Waals surface area contributed by atoms with Crippen LogP contribution in [0.3, 0.4) is 0 Å². The Balaban J connectivity index is 2.20. The minimum absolute atomic E-state index is 0.0548. The van der Waals surface area contributed by atoms with Crippen LogP contribution in [-0.4, -0.2) is 17.4 Å². The second-order valence-corrected chi connectivity index (χ2v) is 5.10. The van der Waals surface area contributed by atoms with Gasteiger partial charge in [-0.15, -0.1) is 0 Å². The van der Waals surface area contributed by atoms with Gasteiger partial charge in [0, 0.05) is 24.3 Å². The van der Waals surface area contributed by atoms with E-state index in [9.17, 15) is 9.18 Å². The van der Waals surface area contributed by atoms with Crippen LogP contribution in [0.4, 0.5) is 10.1 Å². The molecular weight excluding hydrogens is 291 g/mol. The number of carbonyl (C=O) groups is 1. The molecule has 0 atom stereocenters. The third kappa shape index (κ3) is 3.73. The predicted molar refractivity (Wildman–Crippen MR) is 82.7 cm³/mol. The van der Waals surface area contributed by atoms with Gasteiger partial charge >= 0.3 is 0 Å². The summed E-state index contributed by atoms with van der Waals surface area (Å²) >= 11 is 5.72. The number of nitrogens with two attached hydrogens (primary N) is 1. The van der Waals surface area contributed by atoms with E-state index in [1.807, 2.05) is 25.1 Å². The van der Waals surface area contributed by atoms with Crippen LogP contribution in [0.15, 0.2) is 42.5 Å². The topological polar surface area (TPSA) is 46.3 Å². The summed E-state index contributed by atoms with van der Waals surface area (Å²) in [5.74, 6) is -0.728. The highest BCUT2D eigenvalue weighted by Crippen LogP contribution is 2.18. The van der Waals surface area contributed by atoms with Crippen molar-refractivity contribution in [2.24, 2.45) is 0 Å². The maximum absolute atomic E-state index is 13.2. The van der Waals surface area contributed by atoms with Gasteiger partial charge in [0.2, 0.25) is 0 Å². The summed E-state index contributed by atoms with van der Waals surface area (Å²) in [4.78, 5) is 14.1. The van der Waals surface area contributed by atoms with E-state index in [-0.39, 0.29) is 10.9 Å². The molecule has 3 nitrogen and oxygen atoms in total. The number of hydrogen-bond acceptors (Lipinski definition) is 2. The van der Waals surface area contributed by atoms with Crippen molar-refractivity contribution in [3.63, 3.8) is 0 Å². The number of benzene rings is 2. The molecule has 110 valence electrons. The van der Waals surface area contributed by atoms with Crippen LogP contribution in [0.5, 0.6) is 0 Å². The van der Waals surface area contributed by atoms with E-state index in [1.165, 1.54) is 18.2 Å². The number of hydrogen-bond donors (Lipinski definition) is 1. The van der Waals surface area contributed by atoms with Crippen LogP contribution in [0, 0.1) is 5.82 Å². The third-order valence-electron chi connectivity index (χ3n) is 3.16. The lowest BCUT2D eigenvalue weighted by atomic mass is 10.1. The number of rotatable bonds is 4. The van der Waals surface area contributed by atoms with Crippen LogP contribution in [-0.2, 0) is 6.54 Å². The van der Waals surface area contributed by atoms with Gasteiger partial charge in [0.25, 0.3) is 5.91 Å². The Bertz CT molecular complexity index is 660. The lowest BCUT2D eigenvalue weighted by molar-refractivity contribution is 0.0752. The van der Waals surface area contributed by atoms with Gasteiger partial charge in [0.1, 0.15) is 5.82 Å². The van der Waals surface area contributed by atoms with Crippen LogP contribution in [0.2, 0.25) is 5.02 Å². The quantitative estimate of drug-likeness (QED) is 0.875. The van der Waals surface area contributed by atoms with Crippen molar-refractivity contribution >= 4 is 23.2 Å².